The molecule has 0 aliphatic rings. The van der Waals surface area contributed by atoms with Crippen molar-refractivity contribution in [1.29, 1.82) is 0 Å². The van der Waals surface area contributed by atoms with E-state index in [0.717, 1.165) is 0 Å². The Morgan fingerprint density at radius 1 is 1.50 bits per heavy atom. The minimum atomic E-state index is -0.769. The Labute approximate surface area is 104 Å². The zero-order valence-electron chi connectivity index (χ0n) is 10.2. The minimum absolute atomic E-state index is 0.0671. The first kappa shape index (κ1) is 13.8. The number of ether oxygens (including phenoxy) is 1. The molecule has 0 saturated heterocycles. The molecule has 0 aliphatic heterocycles. The van der Waals surface area contributed by atoms with Crippen LogP contribution in [0.1, 0.15) is 25.4 Å². The van der Waals surface area contributed by atoms with Crippen LogP contribution in [0.4, 0.5) is 4.79 Å². The van der Waals surface area contributed by atoms with Crippen molar-refractivity contribution < 1.29 is 18.7 Å². The molecule has 0 unspecified atom stereocenters. The maximum absolute atomic E-state index is 11.1. The van der Waals surface area contributed by atoms with Crippen molar-refractivity contribution in [2.45, 2.75) is 20.4 Å². The predicted molar refractivity (Wildman–Crippen MR) is 64.0 cm³/mol. The highest BCUT2D eigenvalue weighted by Crippen LogP contribution is 2.07. The van der Waals surface area contributed by atoms with Crippen LogP contribution >= 0.6 is 0 Å². The van der Waals surface area contributed by atoms with Crippen LogP contribution in [0, 0.1) is 0 Å². The lowest BCUT2D eigenvalue weighted by molar-refractivity contribution is -0.119. The third kappa shape index (κ3) is 4.28. The monoisotopic (exact) mass is 253 g/mol. The van der Waals surface area contributed by atoms with E-state index in [1.807, 2.05) is 0 Å². The number of carbonyl (C=O) groups is 2. The first-order valence-corrected chi connectivity index (χ1v) is 5.37. The average molecular weight is 253 g/mol. The summed E-state index contributed by atoms with van der Waals surface area (Å²) in [5.41, 5.74) is 5.56. The molecule has 0 atom stereocenters. The lowest BCUT2D eigenvalue weighted by atomic mass is 10.4. The fourth-order valence-electron chi connectivity index (χ4n) is 1.13. The Bertz CT molecular complexity index is 465. The van der Waals surface area contributed by atoms with Gasteiger partial charge >= 0.3 is 6.09 Å². The largest absolute Gasteiger partial charge is 0.456 e. The maximum atomic E-state index is 11.1. The topological polar surface area (TPSA) is 107 Å². The van der Waals surface area contributed by atoms with Gasteiger partial charge in [-0.15, -0.1) is 0 Å². The van der Waals surface area contributed by atoms with E-state index in [0.29, 0.717) is 5.76 Å². The van der Waals surface area contributed by atoms with Crippen LogP contribution in [-0.2, 0) is 16.1 Å². The number of nitrogens with zero attached hydrogens (tertiary/aromatic N) is 1. The predicted octanol–water partition coefficient (Wildman–Crippen LogP) is 0.778. The fourth-order valence-corrected chi connectivity index (χ4v) is 1.13. The Morgan fingerprint density at radius 2 is 2.22 bits per heavy atom. The third-order valence-corrected chi connectivity index (χ3v) is 1.91. The summed E-state index contributed by atoms with van der Waals surface area (Å²) < 4.78 is 9.91. The Kier molecular flexibility index (Phi) is 4.91. The average Bonchev–Trinajstić information content (AvgIpc) is 2.75. The van der Waals surface area contributed by atoms with Crippen LogP contribution in [0.2, 0.25) is 0 Å². The van der Waals surface area contributed by atoms with E-state index >= 15 is 0 Å². The third-order valence-electron chi connectivity index (χ3n) is 1.91. The molecule has 0 spiro atoms. The summed E-state index contributed by atoms with van der Waals surface area (Å²) in [6.07, 6.45) is -0.769. The van der Waals surface area contributed by atoms with Gasteiger partial charge in [-0.1, -0.05) is 0 Å². The normalized spacial score (nSPS) is 11.1. The number of nitrogens with two attached hydrogens (primary N) is 1. The molecule has 0 fully saturated rings. The number of hydrogen-bond acceptors (Lipinski definition) is 4. The van der Waals surface area contributed by atoms with Gasteiger partial charge in [0.05, 0.1) is 13.2 Å². The van der Waals surface area contributed by atoms with Crippen LogP contribution in [0.25, 0.3) is 0 Å². The summed E-state index contributed by atoms with van der Waals surface area (Å²) in [5, 5.41) is 2.57. The lowest BCUT2D eigenvalue weighted by Crippen LogP contribution is -2.18. The summed E-state index contributed by atoms with van der Waals surface area (Å²) in [6, 6.07) is 3.20. The molecule has 1 aromatic heterocycles. The van der Waals surface area contributed by atoms with Gasteiger partial charge in [0.1, 0.15) is 5.76 Å². The quantitative estimate of drug-likeness (QED) is 0.609. The minimum Gasteiger partial charge on any atom is -0.456 e. The summed E-state index contributed by atoms with van der Waals surface area (Å²) in [7, 11) is 0. The van der Waals surface area contributed by atoms with E-state index in [-0.39, 0.29) is 30.7 Å². The zero-order chi connectivity index (χ0) is 13.5. The number of rotatable bonds is 4. The number of amides is 2. The second kappa shape index (κ2) is 6.43. The van der Waals surface area contributed by atoms with E-state index in [4.69, 9.17) is 10.2 Å². The molecule has 0 aromatic carbocycles. The number of nitrogens with one attached hydrogen (secondary N) is 1. The van der Waals surface area contributed by atoms with E-state index in [9.17, 15) is 9.59 Å². The van der Waals surface area contributed by atoms with E-state index in [1.165, 1.54) is 6.92 Å². The zero-order valence-corrected chi connectivity index (χ0v) is 10.2. The second-order valence-electron chi connectivity index (χ2n) is 3.37. The molecule has 3 N–H and O–H groups in total. The summed E-state index contributed by atoms with van der Waals surface area (Å²) >= 11 is 0. The highest BCUT2D eigenvalue weighted by molar-refractivity contribution is 6.00. The smallest absolute Gasteiger partial charge is 0.435 e. The first-order chi connectivity index (χ1) is 8.52. The number of hydrogen-bond donors (Lipinski definition) is 2. The maximum Gasteiger partial charge on any atom is 0.435 e. The van der Waals surface area contributed by atoms with Crippen LogP contribution in [-0.4, -0.2) is 24.4 Å². The fraction of sp³-hybridized carbons (Fsp3) is 0.364. The van der Waals surface area contributed by atoms with Gasteiger partial charge in [0.25, 0.3) is 0 Å². The van der Waals surface area contributed by atoms with Gasteiger partial charge < -0.3 is 20.2 Å². The summed E-state index contributed by atoms with van der Waals surface area (Å²) in [5.74, 6) is 0.536. The molecule has 0 radical (unpaired) electrons. The van der Waals surface area contributed by atoms with Crippen molar-refractivity contribution in [3.05, 3.63) is 23.7 Å². The molecule has 1 rings (SSSR count). The van der Waals surface area contributed by atoms with Gasteiger partial charge in [-0.25, -0.2) is 4.79 Å². The molecule has 1 aromatic rings. The summed E-state index contributed by atoms with van der Waals surface area (Å²) in [4.78, 5) is 25.3. The van der Waals surface area contributed by atoms with Crippen molar-refractivity contribution >= 4 is 17.8 Å². The molecule has 1 heterocycles. The van der Waals surface area contributed by atoms with Crippen molar-refractivity contribution in [1.82, 2.24) is 5.32 Å². The van der Waals surface area contributed by atoms with Crippen LogP contribution < -0.4 is 11.1 Å². The van der Waals surface area contributed by atoms with Gasteiger partial charge in [-0.3, -0.25) is 4.79 Å². The number of furan rings is 1. The lowest BCUT2D eigenvalue weighted by Gasteiger charge is -1.99. The van der Waals surface area contributed by atoms with Gasteiger partial charge in [0, 0.05) is 6.92 Å². The van der Waals surface area contributed by atoms with Crippen molar-refractivity contribution in [3.8, 4) is 0 Å². The molecule has 2 amide bonds. The molecule has 0 aliphatic carbocycles. The molecule has 18 heavy (non-hydrogen) atoms. The Morgan fingerprint density at radius 3 is 2.83 bits per heavy atom. The molecule has 7 nitrogen and oxygen atoms in total. The van der Waals surface area contributed by atoms with Crippen molar-refractivity contribution in [3.63, 3.8) is 0 Å². The van der Waals surface area contributed by atoms with E-state index < -0.39 is 6.09 Å². The molecule has 0 saturated carbocycles. The van der Waals surface area contributed by atoms with Gasteiger partial charge in [0.2, 0.25) is 5.91 Å². The van der Waals surface area contributed by atoms with Crippen LogP contribution in [0.15, 0.2) is 21.5 Å². The second-order valence-corrected chi connectivity index (χ2v) is 3.37. The van der Waals surface area contributed by atoms with E-state index in [1.54, 1.807) is 19.1 Å². The molecular weight excluding hydrogens is 238 g/mol. The van der Waals surface area contributed by atoms with Crippen molar-refractivity contribution in [2.24, 2.45) is 10.7 Å². The SMILES string of the molecule is CCOC(=O)/N=C(\N)c1ccc(CNC(C)=O)o1. The molecule has 7 heteroatoms. The number of aliphatic imine (C=N–C) groups is 1. The number of amidine groups is 1. The highest BCUT2D eigenvalue weighted by Gasteiger charge is 2.08. The van der Waals surface area contributed by atoms with Crippen LogP contribution in [0.3, 0.4) is 0 Å². The van der Waals surface area contributed by atoms with Crippen molar-refractivity contribution in [2.75, 3.05) is 6.61 Å². The molecular formula is C11H15N3O4. The highest BCUT2D eigenvalue weighted by atomic mass is 16.5. The Hall–Kier alpha value is -2.31. The van der Waals surface area contributed by atoms with Gasteiger partial charge in [0.15, 0.2) is 11.6 Å². The van der Waals surface area contributed by atoms with Crippen LogP contribution in [0.5, 0.6) is 0 Å². The molecule has 0 bridgehead atoms. The first-order valence-electron chi connectivity index (χ1n) is 5.37. The molecule has 98 valence electrons. The standard InChI is InChI=1S/C11H15N3O4/c1-3-17-11(16)14-10(12)9-5-4-8(18-9)6-13-7(2)15/h4-5H,3,6H2,1-2H3,(H,13,15)(H2,12,14,16). The van der Waals surface area contributed by atoms with E-state index in [2.05, 4.69) is 15.0 Å². The summed E-state index contributed by atoms with van der Waals surface area (Å²) in [6.45, 7) is 3.55. The van der Waals surface area contributed by atoms with Gasteiger partial charge in [-0.05, 0) is 19.1 Å². The number of carbonyl (C=O) groups excluding carboxylic acids is 2. The van der Waals surface area contributed by atoms with Gasteiger partial charge in [-0.2, -0.15) is 4.99 Å². The Balaban J connectivity index is 2.67.